The summed E-state index contributed by atoms with van der Waals surface area (Å²) in [6, 6.07) is 17.5. The van der Waals surface area contributed by atoms with Crippen molar-refractivity contribution >= 4 is 40.4 Å². The van der Waals surface area contributed by atoms with Gasteiger partial charge >= 0.3 is 0 Å². The van der Waals surface area contributed by atoms with Crippen LogP contribution in [-0.4, -0.2) is 26.0 Å². The van der Waals surface area contributed by atoms with Crippen LogP contribution in [0.5, 0.6) is 11.5 Å². The molecule has 1 N–H and O–H groups in total. The van der Waals surface area contributed by atoms with E-state index in [1.165, 1.54) is 12.0 Å². The molecule has 0 unspecified atom stereocenters. The van der Waals surface area contributed by atoms with Crippen LogP contribution < -0.4 is 19.7 Å². The van der Waals surface area contributed by atoms with E-state index < -0.39 is 11.8 Å². The lowest BCUT2D eigenvalue weighted by Gasteiger charge is -2.17. The van der Waals surface area contributed by atoms with Crippen molar-refractivity contribution in [3.8, 4) is 11.5 Å². The van der Waals surface area contributed by atoms with Crippen LogP contribution in [0.15, 0.2) is 66.4 Å². The molecule has 2 amide bonds. The molecule has 1 aliphatic rings. The van der Waals surface area contributed by atoms with Crippen LogP contribution in [0.4, 0.5) is 11.4 Å². The average Bonchev–Trinajstić information content (AvgIpc) is 3.05. The van der Waals surface area contributed by atoms with E-state index in [-0.39, 0.29) is 11.3 Å². The standard InChI is InChI=1S/C26H23ClN2O4/c1-15-5-9-19(13-16(15)2)29-25(30)23(17-6-10-20(32-3)11-7-17)24(26(29)31)28-21-14-18(27)8-12-22(21)33-4/h5-14,28H,1-4H3. The van der Waals surface area contributed by atoms with Gasteiger partial charge in [0.2, 0.25) is 0 Å². The molecule has 4 rings (SSSR count). The van der Waals surface area contributed by atoms with Crippen molar-refractivity contribution in [2.45, 2.75) is 13.8 Å². The summed E-state index contributed by atoms with van der Waals surface area (Å²) in [7, 11) is 3.09. The monoisotopic (exact) mass is 462 g/mol. The number of benzene rings is 3. The molecule has 0 fully saturated rings. The maximum absolute atomic E-state index is 13.6. The van der Waals surface area contributed by atoms with E-state index in [1.54, 1.807) is 55.6 Å². The van der Waals surface area contributed by atoms with Crippen molar-refractivity contribution < 1.29 is 19.1 Å². The van der Waals surface area contributed by atoms with E-state index in [0.29, 0.717) is 33.5 Å². The molecule has 33 heavy (non-hydrogen) atoms. The first kappa shape index (κ1) is 22.4. The Labute approximate surface area is 197 Å². The summed E-state index contributed by atoms with van der Waals surface area (Å²) in [4.78, 5) is 28.4. The summed E-state index contributed by atoms with van der Waals surface area (Å²) in [5.74, 6) is 0.257. The normalized spacial score (nSPS) is 13.5. The SMILES string of the molecule is COc1ccc(C2=C(Nc3cc(Cl)ccc3OC)C(=O)N(c3ccc(C)c(C)c3)C2=O)cc1. The van der Waals surface area contributed by atoms with E-state index in [9.17, 15) is 9.59 Å². The smallest absolute Gasteiger partial charge is 0.282 e. The summed E-state index contributed by atoms with van der Waals surface area (Å²) < 4.78 is 10.6. The number of carbonyl (C=O) groups is 2. The third kappa shape index (κ3) is 4.17. The van der Waals surface area contributed by atoms with Crippen LogP contribution in [0.2, 0.25) is 5.02 Å². The highest BCUT2D eigenvalue weighted by Crippen LogP contribution is 2.37. The van der Waals surface area contributed by atoms with Crippen molar-refractivity contribution in [1.29, 1.82) is 0 Å². The van der Waals surface area contributed by atoms with Gasteiger partial charge in [-0.05, 0) is 73.0 Å². The fourth-order valence-corrected chi connectivity index (χ4v) is 3.86. The van der Waals surface area contributed by atoms with Crippen molar-refractivity contribution in [3.05, 3.63) is 88.1 Å². The molecule has 0 atom stereocenters. The molecule has 168 valence electrons. The number of aryl methyl sites for hydroxylation is 2. The first-order valence-electron chi connectivity index (χ1n) is 10.3. The van der Waals surface area contributed by atoms with E-state index in [2.05, 4.69) is 5.32 Å². The molecule has 3 aromatic rings. The maximum Gasteiger partial charge on any atom is 0.282 e. The zero-order valence-corrected chi connectivity index (χ0v) is 19.5. The lowest BCUT2D eigenvalue weighted by atomic mass is 10.0. The largest absolute Gasteiger partial charge is 0.497 e. The molecule has 0 radical (unpaired) electrons. The van der Waals surface area contributed by atoms with Crippen LogP contribution in [0.25, 0.3) is 5.57 Å². The Balaban J connectivity index is 1.85. The van der Waals surface area contributed by atoms with E-state index in [4.69, 9.17) is 21.1 Å². The van der Waals surface area contributed by atoms with Gasteiger partial charge in [0, 0.05) is 5.02 Å². The number of rotatable bonds is 6. The molecule has 0 saturated heterocycles. The average molecular weight is 463 g/mol. The quantitative estimate of drug-likeness (QED) is 0.499. The molecule has 0 bridgehead atoms. The van der Waals surface area contributed by atoms with Crippen molar-refractivity contribution in [2.24, 2.45) is 0 Å². The molecule has 1 heterocycles. The van der Waals surface area contributed by atoms with Gasteiger partial charge in [0.1, 0.15) is 17.2 Å². The predicted octanol–water partition coefficient (Wildman–Crippen LogP) is 5.37. The van der Waals surface area contributed by atoms with Gasteiger partial charge in [-0.1, -0.05) is 29.8 Å². The number of nitrogens with one attached hydrogen (secondary N) is 1. The highest BCUT2D eigenvalue weighted by molar-refractivity contribution is 6.46. The van der Waals surface area contributed by atoms with Gasteiger partial charge in [-0.15, -0.1) is 0 Å². The van der Waals surface area contributed by atoms with Gasteiger partial charge in [0.05, 0.1) is 31.2 Å². The Bertz CT molecular complexity index is 1280. The Kier molecular flexibility index (Phi) is 6.11. The summed E-state index contributed by atoms with van der Waals surface area (Å²) in [6.07, 6.45) is 0. The van der Waals surface area contributed by atoms with Gasteiger partial charge in [0.25, 0.3) is 11.8 Å². The highest BCUT2D eigenvalue weighted by Gasteiger charge is 2.40. The van der Waals surface area contributed by atoms with Gasteiger partial charge < -0.3 is 14.8 Å². The van der Waals surface area contributed by atoms with Crippen LogP contribution in [-0.2, 0) is 9.59 Å². The van der Waals surface area contributed by atoms with Crippen LogP contribution in [0.1, 0.15) is 16.7 Å². The molecule has 0 saturated carbocycles. The number of imide groups is 1. The fraction of sp³-hybridized carbons (Fsp3) is 0.154. The van der Waals surface area contributed by atoms with E-state index in [0.717, 1.165) is 11.1 Å². The summed E-state index contributed by atoms with van der Waals surface area (Å²) in [5.41, 5.74) is 4.03. The van der Waals surface area contributed by atoms with Gasteiger partial charge in [-0.25, -0.2) is 4.90 Å². The zero-order valence-electron chi connectivity index (χ0n) is 18.7. The number of hydrogen-bond acceptors (Lipinski definition) is 5. The predicted molar refractivity (Wildman–Crippen MR) is 130 cm³/mol. The number of methoxy groups -OCH3 is 2. The molecular weight excluding hydrogens is 440 g/mol. The van der Waals surface area contributed by atoms with Crippen LogP contribution >= 0.6 is 11.6 Å². The Morgan fingerprint density at radius 3 is 2.18 bits per heavy atom. The van der Waals surface area contributed by atoms with Gasteiger partial charge in [-0.3, -0.25) is 9.59 Å². The number of carbonyl (C=O) groups excluding carboxylic acids is 2. The Morgan fingerprint density at radius 1 is 0.818 bits per heavy atom. The first-order chi connectivity index (χ1) is 15.8. The highest BCUT2D eigenvalue weighted by atomic mass is 35.5. The van der Waals surface area contributed by atoms with Gasteiger partial charge in [-0.2, -0.15) is 0 Å². The minimum atomic E-state index is -0.462. The Hall–Kier alpha value is -3.77. The lowest BCUT2D eigenvalue weighted by Crippen LogP contribution is -2.32. The number of nitrogens with zero attached hydrogens (tertiary/aromatic N) is 1. The minimum Gasteiger partial charge on any atom is -0.497 e. The maximum atomic E-state index is 13.6. The molecule has 6 nitrogen and oxygen atoms in total. The number of ether oxygens (including phenoxy) is 2. The molecule has 0 aromatic heterocycles. The van der Waals surface area contributed by atoms with Gasteiger partial charge in [0.15, 0.2) is 0 Å². The van der Waals surface area contributed by atoms with Crippen molar-refractivity contribution in [2.75, 3.05) is 24.4 Å². The number of amides is 2. The molecule has 0 spiro atoms. The number of halogens is 1. The topological polar surface area (TPSA) is 67.9 Å². The number of anilines is 2. The summed E-state index contributed by atoms with van der Waals surface area (Å²) >= 11 is 6.18. The summed E-state index contributed by atoms with van der Waals surface area (Å²) in [6.45, 7) is 3.92. The van der Waals surface area contributed by atoms with Crippen molar-refractivity contribution in [3.63, 3.8) is 0 Å². The van der Waals surface area contributed by atoms with Crippen molar-refractivity contribution in [1.82, 2.24) is 0 Å². The third-order valence-electron chi connectivity index (χ3n) is 5.63. The molecule has 0 aliphatic carbocycles. The second-order valence-electron chi connectivity index (χ2n) is 7.66. The summed E-state index contributed by atoms with van der Waals surface area (Å²) in [5, 5.41) is 3.58. The Morgan fingerprint density at radius 2 is 1.55 bits per heavy atom. The van der Waals surface area contributed by atoms with Crippen LogP contribution in [0.3, 0.4) is 0 Å². The van der Waals surface area contributed by atoms with E-state index in [1.807, 2.05) is 26.0 Å². The third-order valence-corrected chi connectivity index (χ3v) is 5.87. The zero-order chi connectivity index (χ0) is 23.7. The molecule has 7 heteroatoms. The fourth-order valence-electron chi connectivity index (χ4n) is 3.68. The second kappa shape index (κ2) is 9.00. The minimum absolute atomic E-state index is 0.143. The molecule has 1 aliphatic heterocycles. The van der Waals surface area contributed by atoms with E-state index >= 15 is 0 Å². The second-order valence-corrected chi connectivity index (χ2v) is 8.10. The van der Waals surface area contributed by atoms with Crippen LogP contribution in [0, 0.1) is 13.8 Å². The lowest BCUT2D eigenvalue weighted by molar-refractivity contribution is -0.120. The number of hydrogen-bond donors (Lipinski definition) is 1. The molecule has 3 aromatic carbocycles. The molecular formula is C26H23ClN2O4. The first-order valence-corrected chi connectivity index (χ1v) is 10.7.